The normalized spacial score (nSPS) is 17.4. The lowest BCUT2D eigenvalue weighted by Gasteiger charge is -2.15. The van der Waals surface area contributed by atoms with Crippen molar-refractivity contribution in [2.24, 2.45) is 5.73 Å². The number of nitrogens with two attached hydrogens (primary N) is 1. The molecule has 1 atom stereocenters. The molecule has 1 aromatic carbocycles. The molecular weight excluding hydrogens is 195 g/mol. The van der Waals surface area contributed by atoms with E-state index in [2.05, 4.69) is 5.32 Å². The molecule has 3 N–H and O–H groups in total. The summed E-state index contributed by atoms with van der Waals surface area (Å²) in [4.78, 5) is 11.2. The monoisotopic (exact) mass is 208 g/mol. The number of primary amides is 1. The van der Waals surface area contributed by atoms with Gasteiger partial charge in [0.15, 0.2) is 0 Å². The van der Waals surface area contributed by atoms with Crippen LogP contribution in [0.5, 0.6) is 0 Å². The molecule has 1 fully saturated rings. The second-order valence-corrected chi connectivity index (χ2v) is 3.80. The molecule has 1 saturated carbocycles. The molecule has 0 saturated heterocycles. The van der Waals surface area contributed by atoms with E-state index in [1.165, 1.54) is 6.07 Å². The largest absolute Gasteiger partial charge is 0.368 e. The second-order valence-electron chi connectivity index (χ2n) is 3.80. The van der Waals surface area contributed by atoms with Crippen LogP contribution in [0, 0.1) is 5.82 Å². The molecule has 0 bridgehead atoms. The molecule has 0 aromatic heterocycles. The fourth-order valence-corrected chi connectivity index (χ4v) is 1.52. The smallest absolute Gasteiger partial charge is 0.239 e. The Morgan fingerprint density at radius 1 is 1.47 bits per heavy atom. The van der Waals surface area contributed by atoms with E-state index in [0.717, 1.165) is 12.8 Å². The summed E-state index contributed by atoms with van der Waals surface area (Å²) in [5.74, 6) is -0.929. The molecule has 15 heavy (non-hydrogen) atoms. The van der Waals surface area contributed by atoms with Crippen LogP contribution >= 0.6 is 0 Å². The van der Waals surface area contributed by atoms with Crippen LogP contribution < -0.4 is 11.1 Å². The highest BCUT2D eigenvalue weighted by Gasteiger charge is 2.29. The maximum absolute atomic E-state index is 13.4. The Kier molecular flexibility index (Phi) is 2.68. The van der Waals surface area contributed by atoms with Crippen LogP contribution in [0.1, 0.15) is 24.4 Å². The van der Waals surface area contributed by atoms with Gasteiger partial charge >= 0.3 is 0 Å². The first-order valence-corrected chi connectivity index (χ1v) is 4.98. The first-order valence-electron chi connectivity index (χ1n) is 4.98. The molecule has 4 heteroatoms. The molecule has 1 aliphatic rings. The molecule has 0 heterocycles. The van der Waals surface area contributed by atoms with Crippen LogP contribution in [0.2, 0.25) is 0 Å². The number of benzene rings is 1. The fraction of sp³-hybridized carbons (Fsp3) is 0.364. The molecule has 0 aliphatic heterocycles. The van der Waals surface area contributed by atoms with Crippen LogP contribution in [0.15, 0.2) is 24.3 Å². The maximum Gasteiger partial charge on any atom is 0.239 e. The summed E-state index contributed by atoms with van der Waals surface area (Å²) >= 11 is 0. The Bertz CT molecular complexity index is 377. The van der Waals surface area contributed by atoms with Crippen molar-refractivity contribution in [3.05, 3.63) is 35.6 Å². The van der Waals surface area contributed by atoms with Gasteiger partial charge in [-0.25, -0.2) is 4.39 Å². The molecule has 3 nitrogen and oxygen atoms in total. The molecule has 0 spiro atoms. The van der Waals surface area contributed by atoms with E-state index in [1.807, 2.05) is 0 Å². The van der Waals surface area contributed by atoms with Crippen molar-refractivity contribution in [1.29, 1.82) is 0 Å². The third-order valence-corrected chi connectivity index (χ3v) is 2.48. The standard InChI is InChI=1S/C11H13FN2O/c12-9-4-2-1-3-8(9)10(11(13)15)14-7-5-6-7/h1-4,7,10,14H,5-6H2,(H2,13,15). The Hall–Kier alpha value is -1.42. The quantitative estimate of drug-likeness (QED) is 0.778. The topological polar surface area (TPSA) is 55.1 Å². The second kappa shape index (κ2) is 3.98. The number of hydrogen-bond acceptors (Lipinski definition) is 2. The van der Waals surface area contributed by atoms with Crippen molar-refractivity contribution in [1.82, 2.24) is 5.32 Å². The van der Waals surface area contributed by atoms with Crippen molar-refractivity contribution < 1.29 is 9.18 Å². The average molecular weight is 208 g/mol. The lowest BCUT2D eigenvalue weighted by atomic mass is 10.1. The van der Waals surface area contributed by atoms with E-state index >= 15 is 0 Å². The van der Waals surface area contributed by atoms with Crippen LogP contribution in [0.3, 0.4) is 0 Å². The van der Waals surface area contributed by atoms with E-state index in [-0.39, 0.29) is 0 Å². The van der Waals surface area contributed by atoms with Gasteiger partial charge in [0.25, 0.3) is 0 Å². The number of hydrogen-bond donors (Lipinski definition) is 2. The summed E-state index contributed by atoms with van der Waals surface area (Å²) in [5.41, 5.74) is 5.58. The average Bonchev–Trinajstić information content (AvgIpc) is 2.99. The van der Waals surface area contributed by atoms with E-state index in [0.29, 0.717) is 11.6 Å². The SMILES string of the molecule is NC(=O)C(NC1CC1)c1ccccc1F. The number of rotatable bonds is 4. The summed E-state index contributed by atoms with van der Waals surface area (Å²) in [5, 5.41) is 3.03. The maximum atomic E-state index is 13.4. The van der Waals surface area contributed by atoms with Crippen molar-refractivity contribution >= 4 is 5.91 Å². The van der Waals surface area contributed by atoms with Gasteiger partial charge in [-0.05, 0) is 18.9 Å². The number of carbonyl (C=O) groups excluding carboxylic acids is 1. The molecule has 1 amide bonds. The summed E-state index contributed by atoms with van der Waals surface area (Å²) in [6.45, 7) is 0. The summed E-state index contributed by atoms with van der Waals surface area (Å²) in [6.07, 6.45) is 2.05. The minimum atomic E-state index is -0.710. The number of carbonyl (C=O) groups is 1. The number of amides is 1. The summed E-state index contributed by atoms with van der Waals surface area (Å²) in [6, 6.07) is 5.80. The molecule has 2 rings (SSSR count). The lowest BCUT2D eigenvalue weighted by molar-refractivity contribution is -0.120. The molecule has 80 valence electrons. The zero-order chi connectivity index (χ0) is 10.8. The van der Waals surface area contributed by atoms with Crippen LogP contribution in [0.25, 0.3) is 0 Å². The van der Waals surface area contributed by atoms with Crippen molar-refractivity contribution in [2.45, 2.75) is 24.9 Å². The van der Waals surface area contributed by atoms with Gasteiger partial charge in [0, 0.05) is 11.6 Å². The zero-order valence-corrected chi connectivity index (χ0v) is 8.24. The molecule has 1 aliphatic carbocycles. The third kappa shape index (κ3) is 2.33. The fourth-order valence-electron chi connectivity index (χ4n) is 1.52. The van der Waals surface area contributed by atoms with Gasteiger partial charge in [0.05, 0.1) is 0 Å². The molecule has 0 radical (unpaired) electrons. The van der Waals surface area contributed by atoms with Gasteiger partial charge in [-0.1, -0.05) is 18.2 Å². The number of nitrogens with one attached hydrogen (secondary N) is 1. The van der Waals surface area contributed by atoms with Gasteiger partial charge in [-0.3, -0.25) is 10.1 Å². The van der Waals surface area contributed by atoms with E-state index in [4.69, 9.17) is 5.73 Å². The molecule has 1 unspecified atom stereocenters. The Morgan fingerprint density at radius 2 is 2.13 bits per heavy atom. The van der Waals surface area contributed by atoms with Crippen molar-refractivity contribution in [3.63, 3.8) is 0 Å². The van der Waals surface area contributed by atoms with Gasteiger partial charge in [0.1, 0.15) is 11.9 Å². The minimum Gasteiger partial charge on any atom is -0.368 e. The van der Waals surface area contributed by atoms with Crippen LogP contribution in [0.4, 0.5) is 4.39 Å². The zero-order valence-electron chi connectivity index (χ0n) is 8.24. The Morgan fingerprint density at radius 3 is 2.67 bits per heavy atom. The van der Waals surface area contributed by atoms with E-state index in [9.17, 15) is 9.18 Å². The van der Waals surface area contributed by atoms with Crippen LogP contribution in [-0.4, -0.2) is 11.9 Å². The van der Waals surface area contributed by atoms with Crippen molar-refractivity contribution in [2.75, 3.05) is 0 Å². The first kappa shape index (κ1) is 10.1. The van der Waals surface area contributed by atoms with Gasteiger partial charge < -0.3 is 5.73 Å². The van der Waals surface area contributed by atoms with Gasteiger partial charge in [-0.15, -0.1) is 0 Å². The van der Waals surface area contributed by atoms with Crippen molar-refractivity contribution in [3.8, 4) is 0 Å². The molecular formula is C11H13FN2O. The summed E-state index contributed by atoms with van der Waals surface area (Å²) < 4.78 is 13.4. The predicted molar refractivity (Wildman–Crippen MR) is 54.5 cm³/mol. The lowest BCUT2D eigenvalue weighted by Crippen LogP contribution is -2.35. The summed E-state index contributed by atoms with van der Waals surface area (Å²) in [7, 11) is 0. The highest BCUT2D eigenvalue weighted by atomic mass is 19.1. The number of halogens is 1. The Balaban J connectivity index is 2.22. The van der Waals surface area contributed by atoms with Gasteiger partial charge in [0.2, 0.25) is 5.91 Å². The predicted octanol–water partition coefficient (Wildman–Crippen LogP) is 1.10. The Labute approximate surface area is 87.5 Å². The van der Waals surface area contributed by atoms with E-state index in [1.54, 1.807) is 18.2 Å². The van der Waals surface area contributed by atoms with E-state index < -0.39 is 17.8 Å². The van der Waals surface area contributed by atoms with Crippen LogP contribution in [-0.2, 0) is 4.79 Å². The highest BCUT2D eigenvalue weighted by molar-refractivity contribution is 5.81. The third-order valence-electron chi connectivity index (χ3n) is 2.48. The molecule has 1 aromatic rings. The first-order chi connectivity index (χ1) is 7.18. The minimum absolute atomic E-state index is 0.308. The highest BCUT2D eigenvalue weighted by Crippen LogP contribution is 2.25. The van der Waals surface area contributed by atoms with Gasteiger partial charge in [-0.2, -0.15) is 0 Å².